The van der Waals surface area contributed by atoms with Gasteiger partial charge in [-0.05, 0) is 38.3 Å². The Morgan fingerprint density at radius 1 is 1.38 bits per heavy atom. The zero-order valence-corrected chi connectivity index (χ0v) is 13.6. The molecule has 0 bridgehead atoms. The molecule has 0 fully saturated rings. The summed E-state index contributed by atoms with van der Waals surface area (Å²) >= 11 is 0. The zero-order valence-electron chi connectivity index (χ0n) is 13.6. The molecule has 0 radical (unpaired) electrons. The largest absolute Gasteiger partial charge is 0.490 e. The summed E-state index contributed by atoms with van der Waals surface area (Å²) in [4.78, 5) is 11.9. The third-order valence-electron chi connectivity index (χ3n) is 3.52. The van der Waals surface area contributed by atoms with E-state index >= 15 is 0 Å². The zero-order chi connectivity index (χ0) is 15.8. The van der Waals surface area contributed by atoms with E-state index in [9.17, 15) is 4.79 Å². The summed E-state index contributed by atoms with van der Waals surface area (Å²) in [7, 11) is 0. The Morgan fingerprint density at radius 3 is 2.71 bits per heavy atom. The second-order valence-electron chi connectivity index (χ2n) is 5.56. The highest BCUT2D eigenvalue weighted by atomic mass is 16.5. The first kappa shape index (κ1) is 17.5. The van der Waals surface area contributed by atoms with Gasteiger partial charge in [0.1, 0.15) is 5.75 Å². The Morgan fingerprint density at radius 2 is 2.10 bits per heavy atom. The number of nitrogens with two attached hydrogens (primary N) is 1. The summed E-state index contributed by atoms with van der Waals surface area (Å²) in [6, 6.07) is 5.61. The average Bonchev–Trinajstić information content (AvgIpc) is 2.46. The number of amides is 1. The second-order valence-corrected chi connectivity index (χ2v) is 5.56. The molecule has 1 amide bonds. The third-order valence-corrected chi connectivity index (χ3v) is 3.52. The molecular weight excluding hydrogens is 264 g/mol. The minimum atomic E-state index is -0.431. The molecule has 1 aromatic rings. The molecule has 21 heavy (non-hydrogen) atoms. The Hall–Kier alpha value is -1.55. The molecule has 0 saturated carbocycles. The quantitative estimate of drug-likeness (QED) is 0.774. The SMILES string of the molecule is CCCC(N)C(=O)NCc1ccc(C)cc1OC(C)CC. The van der Waals surface area contributed by atoms with E-state index in [1.165, 1.54) is 0 Å². The molecular formula is C17H28N2O2. The van der Waals surface area contributed by atoms with Crippen molar-refractivity contribution < 1.29 is 9.53 Å². The topological polar surface area (TPSA) is 64.4 Å². The molecule has 2 atom stereocenters. The van der Waals surface area contributed by atoms with Crippen molar-refractivity contribution in [2.75, 3.05) is 0 Å². The van der Waals surface area contributed by atoms with Gasteiger partial charge in [0.25, 0.3) is 0 Å². The highest BCUT2D eigenvalue weighted by molar-refractivity contribution is 5.81. The molecule has 0 aliphatic rings. The minimum Gasteiger partial charge on any atom is -0.490 e. The van der Waals surface area contributed by atoms with Crippen molar-refractivity contribution >= 4 is 5.91 Å². The van der Waals surface area contributed by atoms with Crippen LogP contribution >= 0.6 is 0 Å². The molecule has 0 aliphatic heterocycles. The van der Waals surface area contributed by atoms with E-state index in [0.29, 0.717) is 13.0 Å². The maximum Gasteiger partial charge on any atom is 0.237 e. The summed E-state index contributed by atoms with van der Waals surface area (Å²) in [5.74, 6) is 0.737. The monoisotopic (exact) mass is 292 g/mol. The fourth-order valence-electron chi connectivity index (χ4n) is 1.97. The van der Waals surface area contributed by atoms with Crippen molar-refractivity contribution in [3.8, 4) is 5.75 Å². The highest BCUT2D eigenvalue weighted by Crippen LogP contribution is 2.22. The van der Waals surface area contributed by atoms with E-state index in [1.54, 1.807) is 0 Å². The molecule has 4 heteroatoms. The minimum absolute atomic E-state index is 0.105. The van der Waals surface area contributed by atoms with Gasteiger partial charge < -0.3 is 15.8 Å². The van der Waals surface area contributed by atoms with E-state index in [2.05, 4.69) is 12.2 Å². The number of carbonyl (C=O) groups is 1. The number of carbonyl (C=O) groups excluding carboxylic acids is 1. The summed E-state index contributed by atoms with van der Waals surface area (Å²) in [6.07, 6.45) is 2.71. The van der Waals surface area contributed by atoms with Crippen molar-refractivity contribution in [3.63, 3.8) is 0 Å². The summed E-state index contributed by atoms with van der Waals surface area (Å²) in [5.41, 5.74) is 7.94. The van der Waals surface area contributed by atoms with Crippen LogP contribution in [0.4, 0.5) is 0 Å². The van der Waals surface area contributed by atoms with Crippen LogP contribution in [-0.4, -0.2) is 18.1 Å². The van der Waals surface area contributed by atoms with E-state index in [1.807, 2.05) is 39.0 Å². The van der Waals surface area contributed by atoms with Crippen LogP contribution in [0.25, 0.3) is 0 Å². The first-order valence-electron chi connectivity index (χ1n) is 7.77. The van der Waals surface area contributed by atoms with Gasteiger partial charge in [-0.1, -0.05) is 32.4 Å². The van der Waals surface area contributed by atoms with Gasteiger partial charge in [-0.25, -0.2) is 0 Å². The molecule has 0 aromatic heterocycles. The van der Waals surface area contributed by atoms with Crippen LogP contribution in [0.15, 0.2) is 18.2 Å². The van der Waals surface area contributed by atoms with Crippen LogP contribution in [0, 0.1) is 6.92 Å². The van der Waals surface area contributed by atoms with E-state index in [-0.39, 0.29) is 12.0 Å². The van der Waals surface area contributed by atoms with Crippen molar-refractivity contribution in [3.05, 3.63) is 29.3 Å². The van der Waals surface area contributed by atoms with Crippen LogP contribution < -0.4 is 15.8 Å². The summed E-state index contributed by atoms with van der Waals surface area (Å²) < 4.78 is 5.93. The standard InChI is InChI=1S/C17H28N2O2/c1-5-7-15(18)17(20)19-11-14-9-8-12(3)10-16(14)21-13(4)6-2/h8-10,13,15H,5-7,11,18H2,1-4H3,(H,19,20). The first-order chi connectivity index (χ1) is 9.97. The number of hydrogen-bond acceptors (Lipinski definition) is 3. The van der Waals surface area contributed by atoms with Crippen LogP contribution in [0.1, 0.15) is 51.2 Å². The third kappa shape index (κ3) is 5.76. The molecule has 4 nitrogen and oxygen atoms in total. The Balaban J connectivity index is 2.71. The lowest BCUT2D eigenvalue weighted by Crippen LogP contribution is -2.40. The summed E-state index contributed by atoms with van der Waals surface area (Å²) in [6.45, 7) is 8.63. The van der Waals surface area contributed by atoms with Crippen LogP contribution in [0.3, 0.4) is 0 Å². The molecule has 0 heterocycles. The lowest BCUT2D eigenvalue weighted by molar-refractivity contribution is -0.122. The number of rotatable bonds is 8. The van der Waals surface area contributed by atoms with E-state index in [4.69, 9.17) is 10.5 Å². The van der Waals surface area contributed by atoms with Gasteiger partial charge in [-0.3, -0.25) is 4.79 Å². The molecule has 1 aromatic carbocycles. The number of aryl methyl sites for hydroxylation is 1. The molecule has 1 rings (SSSR count). The fourth-order valence-corrected chi connectivity index (χ4v) is 1.97. The van der Waals surface area contributed by atoms with Crippen molar-refractivity contribution in [1.82, 2.24) is 5.32 Å². The van der Waals surface area contributed by atoms with Crippen LogP contribution in [0.5, 0.6) is 5.75 Å². The van der Waals surface area contributed by atoms with Gasteiger partial charge in [0.15, 0.2) is 0 Å². The lowest BCUT2D eigenvalue weighted by atomic mass is 10.1. The average molecular weight is 292 g/mol. The number of benzene rings is 1. The van der Waals surface area contributed by atoms with E-state index < -0.39 is 6.04 Å². The van der Waals surface area contributed by atoms with Crippen molar-refractivity contribution in [1.29, 1.82) is 0 Å². The smallest absolute Gasteiger partial charge is 0.237 e. The molecule has 0 aliphatic carbocycles. The first-order valence-corrected chi connectivity index (χ1v) is 7.77. The Bertz CT molecular complexity index is 460. The Labute approximate surface area is 128 Å². The fraction of sp³-hybridized carbons (Fsp3) is 0.588. The maximum atomic E-state index is 11.9. The predicted molar refractivity (Wildman–Crippen MR) is 86.3 cm³/mol. The maximum absolute atomic E-state index is 11.9. The number of nitrogens with one attached hydrogen (secondary N) is 1. The molecule has 118 valence electrons. The van der Waals surface area contributed by atoms with E-state index in [0.717, 1.165) is 29.7 Å². The normalized spacial score (nSPS) is 13.6. The lowest BCUT2D eigenvalue weighted by Gasteiger charge is -2.18. The number of hydrogen-bond donors (Lipinski definition) is 2. The summed E-state index contributed by atoms with van der Waals surface area (Å²) in [5, 5.41) is 2.89. The molecule has 3 N–H and O–H groups in total. The van der Waals surface area contributed by atoms with Crippen molar-refractivity contribution in [2.45, 2.75) is 65.6 Å². The molecule has 0 spiro atoms. The molecule has 0 saturated heterocycles. The van der Waals surface area contributed by atoms with Gasteiger partial charge in [0.2, 0.25) is 5.91 Å². The van der Waals surface area contributed by atoms with Gasteiger partial charge in [0.05, 0.1) is 12.1 Å². The molecule has 2 unspecified atom stereocenters. The number of ether oxygens (including phenoxy) is 1. The Kier molecular flexibility index (Phi) is 7.23. The van der Waals surface area contributed by atoms with Gasteiger partial charge in [-0.15, -0.1) is 0 Å². The van der Waals surface area contributed by atoms with Crippen LogP contribution in [-0.2, 0) is 11.3 Å². The van der Waals surface area contributed by atoms with Gasteiger partial charge >= 0.3 is 0 Å². The van der Waals surface area contributed by atoms with Crippen molar-refractivity contribution in [2.24, 2.45) is 5.73 Å². The second kappa shape index (κ2) is 8.67. The van der Waals surface area contributed by atoms with Gasteiger partial charge in [-0.2, -0.15) is 0 Å². The predicted octanol–water partition coefficient (Wildman–Crippen LogP) is 2.92. The van der Waals surface area contributed by atoms with Crippen LogP contribution in [0.2, 0.25) is 0 Å². The van der Waals surface area contributed by atoms with Gasteiger partial charge in [0, 0.05) is 12.1 Å². The highest BCUT2D eigenvalue weighted by Gasteiger charge is 2.13.